The zero-order valence-electron chi connectivity index (χ0n) is 22.4. The number of hydrogen-bond acceptors (Lipinski definition) is 5. The first-order valence-electron chi connectivity index (χ1n) is 12.9. The number of carbonyl (C=O) groups is 1. The maximum absolute atomic E-state index is 14.1. The molecule has 0 bridgehead atoms. The van der Waals surface area contributed by atoms with E-state index in [4.69, 9.17) is 0 Å². The molecule has 1 unspecified atom stereocenters. The maximum atomic E-state index is 14.1. The largest absolute Gasteiger partial charge is 0.508 e. The third kappa shape index (κ3) is 6.78. The van der Waals surface area contributed by atoms with Gasteiger partial charge < -0.3 is 10.0 Å². The smallest absolute Gasteiger partial charge is 0.234 e. The van der Waals surface area contributed by atoms with Gasteiger partial charge in [0.2, 0.25) is 5.91 Å². The van der Waals surface area contributed by atoms with Crippen molar-refractivity contribution in [1.29, 1.82) is 0 Å². The normalized spacial score (nSPS) is 14.2. The molecule has 1 amide bonds. The highest BCUT2D eigenvalue weighted by Crippen LogP contribution is 2.38. The SMILES string of the molecule is Cc1ccc(Cn2cc(CN(C(=O)C3CCCc4c(O)cccc43)c3ccc(C(C)C)nc3)cn2)nc1.Cl.Cl. The summed E-state index contributed by atoms with van der Waals surface area (Å²) in [7, 11) is 0. The zero-order valence-corrected chi connectivity index (χ0v) is 24.1. The molecule has 4 aromatic rings. The second-order valence-corrected chi connectivity index (χ2v) is 10.2. The number of pyridine rings is 2. The van der Waals surface area contributed by atoms with E-state index >= 15 is 0 Å². The number of halogens is 2. The number of aromatic hydroxyl groups is 1. The number of fused-ring (bicyclic) bond motifs is 1. The fourth-order valence-corrected chi connectivity index (χ4v) is 4.98. The molecule has 0 fully saturated rings. The summed E-state index contributed by atoms with van der Waals surface area (Å²) in [5.41, 5.74) is 6.54. The first-order valence-corrected chi connectivity index (χ1v) is 12.9. The lowest BCUT2D eigenvalue weighted by atomic mass is 9.81. The minimum atomic E-state index is -0.313. The van der Waals surface area contributed by atoms with Crippen LogP contribution in [0.2, 0.25) is 0 Å². The number of amides is 1. The number of phenols is 1. The molecule has 1 aromatic carbocycles. The van der Waals surface area contributed by atoms with Gasteiger partial charge in [-0.1, -0.05) is 32.0 Å². The Morgan fingerprint density at radius 1 is 1.08 bits per heavy atom. The molecule has 1 aliphatic rings. The summed E-state index contributed by atoms with van der Waals surface area (Å²) in [6, 6.07) is 13.5. The van der Waals surface area contributed by atoms with Crippen molar-refractivity contribution < 1.29 is 9.90 Å². The highest BCUT2D eigenvalue weighted by molar-refractivity contribution is 5.98. The van der Waals surface area contributed by atoms with Crippen molar-refractivity contribution in [2.24, 2.45) is 0 Å². The van der Waals surface area contributed by atoms with Crippen LogP contribution in [0.15, 0.2) is 67.3 Å². The molecule has 0 spiro atoms. The highest BCUT2D eigenvalue weighted by Gasteiger charge is 2.32. The molecule has 206 valence electrons. The summed E-state index contributed by atoms with van der Waals surface area (Å²) in [4.78, 5) is 25.0. The second-order valence-electron chi connectivity index (χ2n) is 10.2. The Hall–Kier alpha value is -3.42. The Morgan fingerprint density at radius 2 is 1.90 bits per heavy atom. The van der Waals surface area contributed by atoms with Crippen LogP contribution >= 0.6 is 24.8 Å². The molecule has 9 heteroatoms. The minimum Gasteiger partial charge on any atom is -0.508 e. The van der Waals surface area contributed by atoms with Crippen molar-refractivity contribution in [1.82, 2.24) is 19.7 Å². The van der Waals surface area contributed by atoms with Crippen molar-refractivity contribution in [2.75, 3.05) is 4.90 Å². The average molecular weight is 569 g/mol. The van der Waals surface area contributed by atoms with Crippen LogP contribution in [0.5, 0.6) is 5.75 Å². The van der Waals surface area contributed by atoms with Gasteiger partial charge in [-0.2, -0.15) is 5.10 Å². The van der Waals surface area contributed by atoms with E-state index in [2.05, 4.69) is 28.9 Å². The van der Waals surface area contributed by atoms with E-state index in [1.165, 1.54) is 0 Å². The van der Waals surface area contributed by atoms with Crippen molar-refractivity contribution in [3.05, 3.63) is 101 Å². The van der Waals surface area contributed by atoms with Crippen LogP contribution in [0.4, 0.5) is 5.69 Å². The Bertz CT molecular complexity index is 1390. The number of nitrogens with zero attached hydrogens (tertiary/aromatic N) is 5. The van der Waals surface area contributed by atoms with Crippen molar-refractivity contribution >= 4 is 36.4 Å². The van der Waals surface area contributed by atoms with Crippen LogP contribution in [0.25, 0.3) is 0 Å². The molecule has 1 N–H and O–H groups in total. The summed E-state index contributed by atoms with van der Waals surface area (Å²) in [5, 5.41) is 14.9. The quantitative estimate of drug-likeness (QED) is 0.281. The second kappa shape index (κ2) is 13.1. The van der Waals surface area contributed by atoms with Gasteiger partial charge in [0.25, 0.3) is 0 Å². The molecule has 1 atom stereocenters. The molecule has 7 nitrogen and oxygen atoms in total. The third-order valence-electron chi connectivity index (χ3n) is 7.04. The molecule has 3 aromatic heterocycles. The maximum Gasteiger partial charge on any atom is 0.234 e. The van der Waals surface area contributed by atoms with Crippen LogP contribution in [-0.4, -0.2) is 30.8 Å². The van der Waals surface area contributed by atoms with E-state index in [-0.39, 0.29) is 42.4 Å². The van der Waals surface area contributed by atoms with Crippen LogP contribution in [0, 0.1) is 6.92 Å². The number of carbonyl (C=O) groups excluding carboxylic acids is 1. The summed E-state index contributed by atoms with van der Waals surface area (Å²) < 4.78 is 1.85. The van der Waals surface area contributed by atoms with Crippen LogP contribution in [0.1, 0.15) is 72.2 Å². The van der Waals surface area contributed by atoms with E-state index in [1.54, 1.807) is 12.3 Å². The zero-order chi connectivity index (χ0) is 25.9. The van der Waals surface area contributed by atoms with Crippen LogP contribution < -0.4 is 4.90 Å². The summed E-state index contributed by atoms with van der Waals surface area (Å²) in [5.74, 6) is 0.279. The Labute approximate surface area is 242 Å². The summed E-state index contributed by atoms with van der Waals surface area (Å²) in [6.45, 7) is 7.17. The van der Waals surface area contributed by atoms with Gasteiger partial charge in [-0.25, -0.2) is 0 Å². The Balaban J connectivity index is 0.00000210. The molecule has 5 rings (SSSR count). The van der Waals surface area contributed by atoms with Gasteiger partial charge in [0.05, 0.1) is 42.8 Å². The lowest BCUT2D eigenvalue weighted by Crippen LogP contribution is -2.36. The Morgan fingerprint density at radius 3 is 2.59 bits per heavy atom. The number of aromatic nitrogens is 4. The van der Waals surface area contributed by atoms with Crippen LogP contribution in [-0.2, 0) is 24.3 Å². The highest BCUT2D eigenvalue weighted by atomic mass is 35.5. The standard InChI is InChI=1S/C30H33N5O2.2ClH/c1-20(2)28-13-12-24(16-32-28)35(30(37)27-8-4-7-26-25(27)6-5-9-29(26)36)18-22-15-33-34(17-22)19-23-11-10-21(3)14-31-23;;/h5-6,9-17,20,27,36H,4,7-8,18-19H2,1-3H3;2*1H. The number of benzene rings is 1. The molecule has 1 aliphatic carbocycles. The van der Waals surface area contributed by atoms with Crippen molar-refractivity contribution in [3.8, 4) is 5.75 Å². The Kier molecular flexibility index (Phi) is 10.1. The summed E-state index contributed by atoms with van der Waals surface area (Å²) in [6.07, 6.45) is 9.83. The number of rotatable bonds is 7. The number of anilines is 1. The summed E-state index contributed by atoms with van der Waals surface area (Å²) >= 11 is 0. The average Bonchev–Trinajstić information content (AvgIpc) is 3.35. The van der Waals surface area contributed by atoms with Gasteiger partial charge in [-0.05, 0) is 73.1 Å². The van der Waals surface area contributed by atoms with E-state index in [0.717, 1.165) is 58.6 Å². The third-order valence-corrected chi connectivity index (χ3v) is 7.04. The number of aryl methyl sites for hydroxylation is 1. The van der Waals surface area contributed by atoms with E-state index in [9.17, 15) is 9.90 Å². The monoisotopic (exact) mass is 567 g/mol. The topological polar surface area (TPSA) is 84.1 Å². The van der Waals surface area contributed by atoms with E-state index in [0.29, 0.717) is 19.0 Å². The predicted molar refractivity (Wildman–Crippen MR) is 158 cm³/mol. The number of phenolic OH excluding ortho intramolecular Hbond substituents is 1. The van der Waals surface area contributed by atoms with Gasteiger partial charge in [0, 0.05) is 23.7 Å². The lowest BCUT2D eigenvalue weighted by molar-refractivity contribution is -0.120. The molecule has 0 radical (unpaired) electrons. The van der Waals surface area contributed by atoms with Crippen molar-refractivity contribution in [3.63, 3.8) is 0 Å². The molecule has 3 heterocycles. The molecule has 0 saturated heterocycles. The molecule has 39 heavy (non-hydrogen) atoms. The van der Waals surface area contributed by atoms with Gasteiger partial charge >= 0.3 is 0 Å². The first kappa shape index (κ1) is 30.1. The van der Waals surface area contributed by atoms with Gasteiger partial charge in [-0.15, -0.1) is 24.8 Å². The fourth-order valence-electron chi connectivity index (χ4n) is 4.98. The van der Waals surface area contributed by atoms with E-state index < -0.39 is 0 Å². The van der Waals surface area contributed by atoms with Gasteiger partial charge in [0.15, 0.2) is 0 Å². The molecular formula is C30H35Cl2N5O2. The molecule has 0 saturated carbocycles. The van der Waals surface area contributed by atoms with Crippen molar-refractivity contribution in [2.45, 2.75) is 65.0 Å². The minimum absolute atomic E-state index is 0. The molecular weight excluding hydrogens is 533 g/mol. The predicted octanol–water partition coefficient (Wildman–Crippen LogP) is 6.36. The van der Waals surface area contributed by atoms with E-state index in [1.807, 2.05) is 71.5 Å². The van der Waals surface area contributed by atoms with Gasteiger partial charge in [-0.3, -0.25) is 19.4 Å². The lowest BCUT2D eigenvalue weighted by Gasteiger charge is -2.31. The molecule has 0 aliphatic heterocycles. The van der Waals surface area contributed by atoms with Crippen LogP contribution in [0.3, 0.4) is 0 Å². The number of hydrogen-bond donors (Lipinski definition) is 1. The first-order chi connectivity index (χ1) is 17.9. The fraction of sp³-hybridized carbons (Fsp3) is 0.333. The van der Waals surface area contributed by atoms with Gasteiger partial charge in [0.1, 0.15) is 5.75 Å².